The molecule has 8 aromatic carbocycles. The first kappa shape index (κ1) is 24.0. The molecular weight excluding hydrogens is 520 g/mol. The third-order valence-corrected chi connectivity index (χ3v) is 8.85. The van der Waals surface area contributed by atoms with E-state index in [2.05, 4.69) is 146 Å². The van der Waals surface area contributed by atoms with Crippen molar-refractivity contribution in [1.29, 1.82) is 0 Å². The number of rotatable bonds is 3. The van der Waals surface area contributed by atoms with Crippen molar-refractivity contribution in [2.24, 2.45) is 0 Å². The van der Waals surface area contributed by atoms with E-state index < -0.39 is 0 Å². The normalized spacial score (nSPS) is 11.7. The SMILES string of the molecule is c1ccc(-c2c3ccccc3c(-c3ccc4oc5ccccc5c4c3)c3ccc(-c4cccc5ccccc45)cc23)cc1. The Morgan fingerprint density at radius 1 is 0.302 bits per heavy atom. The molecule has 1 heteroatoms. The molecule has 0 aliphatic carbocycles. The number of hydrogen-bond donors (Lipinski definition) is 0. The highest BCUT2D eigenvalue weighted by molar-refractivity contribution is 6.23. The third kappa shape index (κ3) is 3.72. The molecule has 0 fully saturated rings. The number of furan rings is 1. The van der Waals surface area contributed by atoms with Crippen LogP contribution < -0.4 is 0 Å². The Kier molecular flexibility index (Phi) is 5.27. The minimum Gasteiger partial charge on any atom is -0.456 e. The van der Waals surface area contributed by atoms with E-state index in [1.54, 1.807) is 0 Å². The monoisotopic (exact) mass is 546 g/mol. The minimum absolute atomic E-state index is 0.915. The maximum absolute atomic E-state index is 6.20. The van der Waals surface area contributed by atoms with Gasteiger partial charge in [-0.3, -0.25) is 0 Å². The predicted octanol–water partition coefficient (Wildman–Crippen LogP) is 12.0. The van der Waals surface area contributed by atoms with E-state index in [9.17, 15) is 0 Å². The summed E-state index contributed by atoms with van der Waals surface area (Å²) in [6, 6.07) is 56.9. The molecular formula is C42H26O. The minimum atomic E-state index is 0.915. The van der Waals surface area contributed by atoms with Crippen molar-refractivity contribution in [3.63, 3.8) is 0 Å². The average molecular weight is 547 g/mol. The summed E-state index contributed by atoms with van der Waals surface area (Å²) in [6.07, 6.45) is 0. The Morgan fingerprint density at radius 3 is 1.72 bits per heavy atom. The molecule has 200 valence electrons. The van der Waals surface area contributed by atoms with Crippen molar-refractivity contribution in [3.05, 3.63) is 158 Å². The van der Waals surface area contributed by atoms with E-state index in [1.165, 1.54) is 65.7 Å². The van der Waals surface area contributed by atoms with Gasteiger partial charge in [0.1, 0.15) is 11.2 Å². The lowest BCUT2D eigenvalue weighted by Crippen LogP contribution is -1.92. The summed E-state index contributed by atoms with van der Waals surface area (Å²) in [7, 11) is 0. The van der Waals surface area contributed by atoms with E-state index in [0.717, 1.165) is 21.9 Å². The van der Waals surface area contributed by atoms with Gasteiger partial charge in [0.15, 0.2) is 0 Å². The van der Waals surface area contributed by atoms with Gasteiger partial charge in [-0.05, 0) is 90.0 Å². The number of hydrogen-bond acceptors (Lipinski definition) is 1. The molecule has 0 N–H and O–H groups in total. The van der Waals surface area contributed by atoms with Gasteiger partial charge in [0.2, 0.25) is 0 Å². The molecule has 0 aliphatic heterocycles. The zero-order valence-electron chi connectivity index (χ0n) is 23.4. The molecule has 0 aliphatic rings. The topological polar surface area (TPSA) is 13.1 Å². The standard InChI is InChI=1S/C42H26O/c1-2-12-28(13-3-1)41-34-17-6-7-18-35(34)42(30-22-24-40-37(26-30)33-16-8-9-20-39(33)43-40)36-23-21-29(25-38(36)41)32-19-10-14-27-11-4-5-15-31(27)32/h1-26H. The van der Waals surface area contributed by atoms with Gasteiger partial charge in [0, 0.05) is 10.8 Å². The van der Waals surface area contributed by atoms with Crippen molar-refractivity contribution in [2.45, 2.75) is 0 Å². The molecule has 0 bridgehead atoms. The number of fused-ring (bicyclic) bond motifs is 6. The Labute approximate surface area is 249 Å². The van der Waals surface area contributed by atoms with Gasteiger partial charge in [0.05, 0.1) is 0 Å². The van der Waals surface area contributed by atoms with Gasteiger partial charge < -0.3 is 4.42 Å². The Hall–Kier alpha value is -5.66. The fourth-order valence-electron chi connectivity index (χ4n) is 6.93. The molecule has 0 spiro atoms. The zero-order chi connectivity index (χ0) is 28.3. The molecule has 0 radical (unpaired) electrons. The first-order valence-corrected chi connectivity index (χ1v) is 14.8. The van der Waals surface area contributed by atoms with Crippen molar-refractivity contribution < 1.29 is 4.42 Å². The van der Waals surface area contributed by atoms with Crippen molar-refractivity contribution in [3.8, 4) is 33.4 Å². The molecule has 0 atom stereocenters. The van der Waals surface area contributed by atoms with E-state index in [-0.39, 0.29) is 0 Å². The highest BCUT2D eigenvalue weighted by atomic mass is 16.3. The lowest BCUT2D eigenvalue weighted by molar-refractivity contribution is 0.669. The molecule has 0 amide bonds. The highest BCUT2D eigenvalue weighted by Crippen LogP contribution is 2.46. The molecule has 1 aromatic heterocycles. The maximum Gasteiger partial charge on any atom is 0.135 e. The van der Waals surface area contributed by atoms with Gasteiger partial charge in [-0.15, -0.1) is 0 Å². The second-order valence-electron chi connectivity index (χ2n) is 11.3. The van der Waals surface area contributed by atoms with Crippen LogP contribution in [-0.4, -0.2) is 0 Å². The van der Waals surface area contributed by atoms with Crippen LogP contribution in [0.4, 0.5) is 0 Å². The smallest absolute Gasteiger partial charge is 0.135 e. The second kappa shape index (κ2) is 9.44. The Morgan fingerprint density at radius 2 is 0.884 bits per heavy atom. The van der Waals surface area contributed by atoms with E-state index in [0.29, 0.717) is 0 Å². The van der Waals surface area contributed by atoms with Crippen LogP contribution in [0.1, 0.15) is 0 Å². The van der Waals surface area contributed by atoms with Gasteiger partial charge in [-0.25, -0.2) is 0 Å². The molecule has 9 rings (SSSR count). The number of benzene rings is 8. The van der Waals surface area contributed by atoms with Gasteiger partial charge in [-0.1, -0.05) is 133 Å². The van der Waals surface area contributed by atoms with Crippen LogP contribution in [0.15, 0.2) is 162 Å². The molecule has 9 aromatic rings. The average Bonchev–Trinajstić information content (AvgIpc) is 3.45. The lowest BCUT2D eigenvalue weighted by atomic mass is 9.84. The molecule has 1 heterocycles. The third-order valence-electron chi connectivity index (χ3n) is 8.85. The summed E-state index contributed by atoms with van der Waals surface area (Å²) >= 11 is 0. The van der Waals surface area contributed by atoms with Crippen LogP contribution in [0.3, 0.4) is 0 Å². The summed E-state index contributed by atoms with van der Waals surface area (Å²) in [4.78, 5) is 0. The molecule has 0 saturated heterocycles. The number of para-hydroxylation sites is 1. The van der Waals surface area contributed by atoms with Crippen molar-refractivity contribution in [2.75, 3.05) is 0 Å². The highest BCUT2D eigenvalue weighted by Gasteiger charge is 2.19. The van der Waals surface area contributed by atoms with Gasteiger partial charge in [0.25, 0.3) is 0 Å². The summed E-state index contributed by atoms with van der Waals surface area (Å²) in [5.41, 5.74) is 9.24. The van der Waals surface area contributed by atoms with Crippen LogP contribution in [-0.2, 0) is 0 Å². The summed E-state index contributed by atoms with van der Waals surface area (Å²) in [5.74, 6) is 0. The molecule has 0 saturated carbocycles. The largest absolute Gasteiger partial charge is 0.456 e. The van der Waals surface area contributed by atoms with Crippen LogP contribution in [0, 0.1) is 0 Å². The first-order chi connectivity index (χ1) is 21.3. The second-order valence-corrected chi connectivity index (χ2v) is 11.3. The van der Waals surface area contributed by atoms with E-state index in [4.69, 9.17) is 4.42 Å². The lowest BCUT2D eigenvalue weighted by Gasteiger charge is -2.19. The molecule has 1 nitrogen and oxygen atoms in total. The Balaban J connectivity index is 1.41. The zero-order valence-corrected chi connectivity index (χ0v) is 23.4. The van der Waals surface area contributed by atoms with E-state index in [1.807, 2.05) is 12.1 Å². The van der Waals surface area contributed by atoms with Gasteiger partial charge >= 0.3 is 0 Å². The summed E-state index contributed by atoms with van der Waals surface area (Å²) in [5, 5.41) is 9.81. The summed E-state index contributed by atoms with van der Waals surface area (Å²) in [6.45, 7) is 0. The Bertz CT molecular complexity index is 2490. The van der Waals surface area contributed by atoms with Crippen LogP contribution in [0.5, 0.6) is 0 Å². The fourth-order valence-corrected chi connectivity index (χ4v) is 6.93. The molecule has 0 unspecified atom stereocenters. The quantitative estimate of drug-likeness (QED) is 0.201. The van der Waals surface area contributed by atoms with Crippen molar-refractivity contribution in [1.82, 2.24) is 0 Å². The van der Waals surface area contributed by atoms with Gasteiger partial charge in [-0.2, -0.15) is 0 Å². The fraction of sp³-hybridized carbons (Fsp3) is 0. The molecule has 43 heavy (non-hydrogen) atoms. The predicted molar refractivity (Wildman–Crippen MR) is 183 cm³/mol. The first-order valence-electron chi connectivity index (χ1n) is 14.8. The van der Waals surface area contributed by atoms with Crippen LogP contribution >= 0.6 is 0 Å². The van der Waals surface area contributed by atoms with Crippen molar-refractivity contribution >= 4 is 54.3 Å². The maximum atomic E-state index is 6.20. The van der Waals surface area contributed by atoms with Crippen LogP contribution in [0.2, 0.25) is 0 Å². The summed E-state index contributed by atoms with van der Waals surface area (Å²) < 4.78 is 6.20. The van der Waals surface area contributed by atoms with Crippen LogP contribution in [0.25, 0.3) is 87.6 Å². The van der Waals surface area contributed by atoms with E-state index >= 15 is 0 Å².